The first-order chi connectivity index (χ1) is 7.76. The Morgan fingerprint density at radius 1 is 1.12 bits per heavy atom. The van der Waals surface area contributed by atoms with Gasteiger partial charge in [-0.1, -0.05) is 0 Å². The highest BCUT2D eigenvalue weighted by atomic mass is 16.6. The van der Waals surface area contributed by atoms with Crippen LogP contribution in [0.1, 0.15) is 6.42 Å². The highest BCUT2D eigenvalue weighted by Gasteiger charge is 2.18. The molecule has 0 aromatic carbocycles. The van der Waals surface area contributed by atoms with Gasteiger partial charge in [0.25, 0.3) is 12.9 Å². The van der Waals surface area contributed by atoms with Crippen LogP contribution in [0.2, 0.25) is 0 Å². The summed E-state index contributed by atoms with van der Waals surface area (Å²) in [6.45, 7) is 0.796. The third-order valence-electron chi connectivity index (χ3n) is 1.78. The maximum atomic E-state index is 11.3. The van der Waals surface area contributed by atoms with Crippen molar-refractivity contribution in [3.05, 3.63) is 0 Å². The Labute approximate surface area is 92.8 Å². The van der Waals surface area contributed by atoms with Crippen molar-refractivity contribution in [3.8, 4) is 0 Å². The van der Waals surface area contributed by atoms with E-state index in [1.807, 2.05) is 0 Å². The third-order valence-corrected chi connectivity index (χ3v) is 1.78. The van der Waals surface area contributed by atoms with Gasteiger partial charge < -0.3 is 19.9 Å². The minimum Gasteiger partial charge on any atom is -0.468 e. The molecular weight excluding hydrogens is 218 g/mol. The Morgan fingerprint density at radius 3 is 2.31 bits per heavy atom. The van der Waals surface area contributed by atoms with Crippen LogP contribution in [0.15, 0.2) is 0 Å². The number of ether oxygens (including phenoxy) is 3. The highest BCUT2D eigenvalue weighted by molar-refractivity contribution is 5.72. The molecule has 0 aliphatic heterocycles. The minimum absolute atomic E-state index is 0.0113. The molecule has 0 aliphatic rings. The number of rotatable bonds is 10. The van der Waals surface area contributed by atoms with Crippen LogP contribution in [0.25, 0.3) is 0 Å². The lowest BCUT2D eigenvalue weighted by molar-refractivity contribution is -0.152. The van der Waals surface area contributed by atoms with Crippen LogP contribution in [0.3, 0.4) is 0 Å². The first-order valence-electron chi connectivity index (χ1n) is 4.73. The Morgan fingerprint density at radius 2 is 1.75 bits per heavy atom. The van der Waals surface area contributed by atoms with E-state index >= 15 is 0 Å². The molecule has 0 heterocycles. The largest absolute Gasteiger partial charge is 0.468 e. The third kappa shape index (κ3) is 6.77. The predicted octanol–water partition coefficient (Wildman–Crippen LogP) is -1.16. The van der Waals surface area contributed by atoms with Gasteiger partial charge in [0.05, 0.1) is 12.5 Å². The van der Waals surface area contributed by atoms with Gasteiger partial charge in [0.15, 0.2) is 0 Å². The molecule has 0 saturated heterocycles. The van der Waals surface area contributed by atoms with E-state index in [1.54, 1.807) is 0 Å². The second-order valence-electron chi connectivity index (χ2n) is 2.82. The van der Waals surface area contributed by atoms with Gasteiger partial charge in [-0.2, -0.15) is 0 Å². The summed E-state index contributed by atoms with van der Waals surface area (Å²) < 4.78 is 13.6. The van der Waals surface area contributed by atoms with Gasteiger partial charge in [-0.15, -0.1) is 0 Å². The molecule has 0 aromatic heterocycles. The smallest absolute Gasteiger partial charge is 0.310 e. The van der Waals surface area contributed by atoms with E-state index in [0.29, 0.717) is 12.9 Å². The first kappa shape index (κ1) is 14.4. The van der Waals surface area contributed by atoms with E-state index in [1.165, 1.54) is 0 Å². The normalized spacial score (nSPS) is 11.3. The van der Waals surface area contributed by atoms with Gasteiger partial charge in [0.1, 0.15) is 13.2 Å². The molecule has 0 radical (unpaired) electrons. The van der Waals surface area contributed by atoms with Crippen molar-refractivity contribution in [2.24, 2.45) is 11.7 Å². The fourth-order valence-corrected chi connectivity index (χ4v) is 0.947. The van der Waals surface area contributed by atoms with Gasteiger partial charge in [0.2, 0.25) is 0 Å². The summed E-state index contributed by atoms with van der Waals surface area (Å²) in [5, 5.41) is 0. The maximum Gasteiger partial charge on any atom is 0.310 e. The summed E-state index contributed by atoms with van der Waals surface area (Å²) in [6, 6.07) is 0. The van der Waals surface area contributed by atoms with E-state index in [0.717, 1.165) is 0 Å². The predicted molar refractivity (Wildman–Crippen MR) is 52.2 cm³/mol. The lowest BCUT2D eigenvalue weighted by Crippen LogP contribution is -2.27. The summed E-state index contributed by atoms with van der Waals surface area (Å²) >= 11 is 0. The van der Waals surface area contributed by atoms with Gasteiger partial charge in [0, 0.05) is 6.54 Å². The molecule has 0 aromatic rings. The number of hydrogen-bond donors (Lipinski definition) is 1. The molecule has 0 rings (SSSR count). The molecule has 1 unspecified atom stereocenters. The number of hydrogen-bond acceptors (Lipinski definition) is 7. The first-order valence-corrected chi connectivity index (χ1v) is 4.73. The SMILES string of the molecule is NCC(CCOC=O)C(=O)OCCOC=O. The average Bonchev–Trinajstić information content (AvgIpc) is 2.30. The van der Waals surface area contributed by atoms with Crippen LogP contribution in [-0.4, -0.2) is 45.3 Å². The van der Waals surface area contributed by atoms with E-state index in [4.69, 9.17) is 10.5 Å². The van der Waals surface area contributed by atoms with Crippen molar-refractivity contribution in [2.75, 3.05) is 26.4 Å². The van der Waals surface area contributed by atoms with Gasteiger partial charge in [-0.3, -0.25) is 14.4 Å². The van der Waals surface area contributed by atoms with Crippen LogP contribution >= 0.6 is 0 Å². The molecule has 1 atom stereocenters. The summed E-state index contributed by atoms with van der Waals surface area (Å²) in [4.78, 5) is 31.0. The fourth-order valence-electron chi connectivity index (χ4n) is 0.947. The van der Waals surface area contributed by atoms with Crippen LogP contribution < -0.4 is 5.73 Å². The molecule has 2 N–H and O–H groups in total. The molecule has 7 heteroatoms. The quantitative estimate of drug-likeness (QED) is 0.219. The summed E-state index contributed by atoms with van der Waals surface area (Å²) in [5.41, 5.74) is 5.35. The van der Waals surface area contributed by atoms with Crippen LogP contribution in [0, 0.1) is 5.92 Å². The maximum absolute atomic E-state index is 11.3. The zero-order chi connectivity index (χ0) is 12.2. The number of nitrogens with two attached hydrogens (primary N) is 1. The minimum atomic E-state index is -0.517. The van der Waals surface area contributed by atoms with Gasteiger partial charge >= 0.3 is 5.97 Å². The summed E-state index contributed by atoms with van der Waals surface area (Å²) in [6.07, 6.45) is 0.308. The molecule has 16 heavy (non-hydrogen) atoms. The summed E-state index contributed by atoms with van der Waals surface area (Å²) in [7, 11) is 0. The second kappa shape index (κ2) is 9.91. The second-order valence-corrected chi connectivity index (χ2v) is 2.82. The van der Waals surface area contributed by atoms with Gasteiger partial charge in [-0.25, -0.2) is 0 Å². The molecular formula is C9H15NO6. The Kier molecular flexibility index (Phi) is 8.90. The Balaban J connectivity index is 3.72. The molecule has 0 fully saturated rings. The van der Waals surface area contributed by atoms with E-state index < -0.39 is 11.9 Å². The molecule has 0 amide bonds. The summed E-state index contributed by atoms with van der Waals surface area (Å²) in [5.74, 6) is -1.01. The lowest BCUT2D eigenvalue weighted by Gasteiger charge is -2.12. The van der Waals surface area contributed by atoms with E-state index in [9.17, 15) is 14.4 Å². The number of esters is 1. The molecule has 0 bridgehead atoms. The zero-order valence-corrected chi connectivity index (χ0v) is 8.79. The number of carbonyl (C=O) groups excluding carboxylic acids is 3. The monoisotopic (exact) mass is 233 g/mol. The van der Waals surface area contributed by atoms with Crippen molar-refractivity contribution in [3.63, 3.8) is 0 Å². The Hall–Kier alpha value is -1.63. The average molecular weight is 233 g/mol. The molecule has 0 saturated carbocycles. The molecule has 7 nitrogen and oxygen atoms in total. The standard InChI is InChI=1S/C9H15NO6/c10-5-8(1-2-14-6-11)9(13)16-4-3-15-7-12/h6-8H,1-5,10H2. The van der Waals surface area contributed by atoms with Crippen molar-refractivity contribution in [1.29, 1.82) is 0 Å². The zero-order valence-electron chi connectivity index (χ0n) is 8.79. The van der Waals surface area contributed by atoms with Crippen molar-refractivity contribution in [2.45, 2.75) is 6.42 Å². The van der Waals surface area contributed by atoms with Crippen molar-refractivity contribution < 1.29 is 28.6 Å². The topological polar surface area (TPSA) is 105 Å². The Bertz CT molecular complexity index is 220. The highest BCUT2D eigenvalue weighted by Crippen LogP contribution is 2.04. The van der Waals surface area contributed by atoms with Crippen LogP contribution in [0.5, 0.6) is 0 Å². The number of carbonyl (C=O) groups is 3. The van der Waals surface area contributed by atoms with Crippen LogP contribution in [-0.2, 0) is 28.6 Å². The van der Waals surface area contributed by atoms with E-state index in [2.05, 4.69) is 9.47 Å². The molecule has 0 aliphatic carbocycles. The van der Waals surface area contributed by atoms with Crippen molar-refractivity contribution >= 4 is 18.9 Å². The lowest BCUT2D eigenvalue weighted by atomic mass is 10.1. The fraction of sp³-hybridized carbons (Fsp3) is 0.667. The van der Waals surface area contributed by atoms with E-state index in [-0.39, 0.29) is 32.8 Å². The molecule has 92 valence electrons. The van der Waals surface area contributed by atoms with Crippen molar-refractivity contribution in [1.82, 2.24) is 0 Å². The van der Waals surface area contributed by atoms with Crippen LogP contribution in [0.4, 0.5) is 0 Å². The molecule has 0 spiro atoms. The van der Waals surface area contributed by atoms with Gasteiger partial charge in [-0.05, 0) is 6.42 Å².